The first-order valence-electron chi connectivity index (χ1n) is 9.05. The Morgan fingerprint density at radius 2 is 2.10 bits per heavy atom. The zero-order valence-electron chi connectivity index (χ0n) is 16.0. The number of imidazole rings is 1. The van der Waals surface area contributed by atoms with Crippen molar-refractivity contribution in [2.45, 2.75) is 50.3 Å². The van der Waals surface area contributed by atoms with E-state index in [9.17, 15) is 23.4 Å². The summed E-state index contributed by atoms with van der Waals surface area (Å²) in [6.45, 7) is 1.13. The molecular formula is C15H23N7O7S. The molecule has 0 bridgehead atoms. The van der Waals surface area contributed by atoms with Crippen LogP contribution in [0, 0.1) is 0 Å². The number of anilines is 1. The van der Waals surface area contributed by atoms with Crippen LogP contribution in [0.25, 0.3) is 11.2 Å². The number of hydrogen-bond donors (Lipinski definition) is 5. The Bertz CT molecular complexity index is 1010. The molecule has 0 aromatic carbocycles. The van der Waals surface area contributed by atoms with E-state index in [0.29, 0.717) is 12.8 Å². The molecule has 1 saturated heterocycles. The Hall–Kier alpha value is -2.43. The molecule has 1 aliphatic rings. The van der Waals surface area contributed by atoms with Crippen LogP contribution >= 0.6 is 0 Å². The second-order valence-electron chi connectivity index (χ2n) is 6.73. The lowest BCUT2D eigenvalue weighted by molar-refractivity contribution is -0.120. The summed E-state index contributed by atoms with van der Waals surface area (Å²) in [4.78, 5) is 23.7. The molecule has 0 unspecified atom stereocenters. The van der Waals surface area contributed by atoms with Gasteiger partial charge >= 0.3 is 10.3 Å². The largest absolute Gasteiger partial charge is 0.387 e. The minimum Gasteiger partial charge on any atom is -0.387 e. The highest BCUT2D eigenvalue weighted by molar-refractivity contribution is 7.85. The molecule has 1 amide bonds. The highest BCUT2D eigenvalue weighted by Gasteiger charge is 2.45. The lowest BCUT2D eigenvalue weighted by atomic mass is 10.1. The second-order valence-corrected chi connectivity index (χ2v) is 8.08. The number of carbonyl (C=O) groups is 1. The first-order valence-corrected chi connectivity index (χ1v) is 10.5. The van der Waals surface area contributed by atoms with E-state index < -0.39 is 53.4 Å². The van der Waals surface area contributed by atoms with Gasteiger partial charge in [0.15, 0.2) is 17.7 Å². The van der Waals surface area contributed by atoms with E-state index in [1.165, 1.54) is 17.2 Å². The van der Waals surface area contributed by atoms with Gasteiger partial charge in [0.1, 0.15) is 30.2 Å². The number of amides is 1. The monoisotopic (exact) mass is 445 g/mol. The van der Waals surface area contributed by atoms with Crippen molar-refractivity contribution in [1.29, 1.82) is 0 Å². The summed E-state index contributed by atoms with van der Waals surface area (Å²) in [5, 5.41) is 20.6. The number of nitrogen functional groups attached to an aromatic ring is 1. The Morgan fingerprint density at radius 3 is 2.80 bits per heavy atom. The van der Waals surface area contributed by atoms with Crippen molar-refractivity contribution in [1.82, 2.24) is 24.2 Å². The van der Waals surface area contributed by atoms with Gasteiger partial charge in [-0.3, -0.25) is 13.5 Å². The van der Waals surface area contributed by atoms with Gasteiger partial charge in [0.05, 0.1) is 19.0 Å². The fourth-order valence-electron chi connectivity index (χ4n) is 2.98. The van der Waals surface area contributed by atoms with Crippen molar-refractivity contribution in [2.75, 3.05) is 12.3 Å². The molecule has 2 aromatic rings. The lowest BCUT2D eigenvalue weighted by Crippen LogP contribution is -2.44. The molecule has 14 nitrogen and oxygen atoms in total. The average Bonchev–Trinajstić information content (AvgIpc) is 3.23. The molecule has 3 heterocycles. The van der Waals surface area contributed by atoms with Crippen molar-refractivity contribution in [3.8, 4) is 0 Å². The van der Waals surface area contributed by atoms with Crippen LogP contribution in [0.5, 0.6) is 0 Å². The number of rotatable bonds is 8. The maximum atomic E-state index is 12.0. The van der Waals surface area contributed by atoms with Crippen LogP contribution in [0.2, 0.25) is 0 Å². The fraction of sp³-hybridized carbons (Fsp3) is 0.600. The molecular weight excluding hydrogens is 422 g/mol. The zero-order valence-corrected chi connectivity index (χ0v) is 16.8. The number of aliphatic hydroxyl groups is 2. The third-order valence-electron chi connectivity index (χ3n) is 4.55. The van der Waals surface area contributed by atoms with Crippen molar-refractivity contribution in [3.05, 3.63) is 12.7 Å². The van der Waals surface area contributed by atoms with Crippen molar-refractivity contribution in [2.24, 2.45) is 5.73 Å². The van der Waals surface area contributed by atoms with Gasteiger partial charge in [-0.25, -0.2) is 19.7 Å². The van der Waals surface area contributed by atoms with Crippen LogP contribution in [0.4, 0.5) is 5.82 Å². The molecule has 7 N–H and O–H groups in total. The predicted molar refractivity (Wildman–Crippen MR) is 102 cm³/mol. The van der Waals surface area contributed by atoms with E-state index in [1.54, 1.807) is 11.6 Å². The molecule has 5 atom stereocenters. The summed E-state index contributed by atoms with van der Waals surface area (Å²) in [6.07, 6.45) is -1.90. The Morgan fingerprint density at radius 1 is 1.37 bits per heavy atom. The first kappa shape index (κ1) is 22.3. The normalized spacial score (nSPS) is 25.5. The number of nitrogens with zero attached hydrogens (tertiary/aromatic N) is 4. The van der Waals surface area contributed by atoms with Crippen LogP contribution in [0.1, 0.15) is 26.0 Å². The van der Waals surface area contributed by atoms with Gasteiger partial charge < -0.3 is 26.4 Å². The number of nitrogens with one attached hydrogen (secondary N) is 1. The lowest BCUT2D eigenvalue weighted by Gasteiger charge is -2.16. The van der Waals surface area contributed by atoms with Gasteiger partial charge in [0.2, 0.25) is 0 Å². The Balaban J connectivity index is 1.67. The molecule has 0 spiro atoms. The van der Waals surface area contributed by atoms with E-state index in [0.717, 1.165) is 0 Å². The van der Waals surface area contributed by atoms with Crippen molar-refractivity contribution in [3.63, 3.8) is 0 Å². The quantitative estimate of drug-likeness (QED) is 0.285. The molecule has 15 heteroatoms. The van der Waals surface area contributed by atoms with Gasteiger partial charge in [0, 0.05) is 0 Å². The number of aromatic nitrogens is 4. The van der Waals surface area contributed by atoms with Crippen molar-refractivity contribution >= 4 is 33.2 Å². The van der Waals surface area contributed by atoms with Crippen LogP contribution in [0.15, 0.2) is 12.7 Å². The molecule has 166 valence electrons. The highest BCUT2D eigenvalue weighted by Crippen LogP contribution is 2.32. The molecule has 1 fully saturated rings. The molecule has 0 saturated carbocycles. The third-order valence-corrected chi connectivity index (χ3v) is 5.45. The number of ether oxygens (including phenoxy) is 1. The molecule has 0 aliphatic carbocycles. The van der Waals surface area contributed by atoms with E-state index >= 15 is 0 Å². The van der Waals surface area contributed by atoms with Gasteiger partial charge in [-0.15, -0.1) is 0 Å². The minimum absolute atomic E-state index is 0.120. The summed E-state index contributed by atoms with van der Waals surface area (Å²) < 4.78 is 37.2. The number of carbonyl (C=O) groups excluding carboxylic acids is 1. The van der Waals surface area contributed by atoms with Gasteiger partial charge in [0.25, 0.3) is 5.91 Å². The summed E-state index contributed by atoms with van der Waals surface area (Å²) in [5.74, 6) is -0.792. The second kappa shape index (κ2) is 8.75. The Labute approximate surface area is 171 Å². The minimum atomic E-state index is -4.49. The number of fused-ring (bicyclic) bond motifs is 1. The smallest absolute Gasteiger partial charge is 0.362 e. The van der Waals surface area contributed by atoms with E-state index in [4.69, 9.17) is 20.4 Å². The zero-order chi connectivity index (χ0) is 22.1. The number of hydrogen-bond acceptors (Lipinski definition) is 12. The topological polar surface area (TPSA) is 218 Å². The summed E-state index contributed by atoms with van der Waals surface area (Å²) in [5.41, 5.74) is 11.8. The predicted octanol–water partition coefficient (Wildman–Crippen LogP) is -2.47. The molecule has 30 heavy (non-hydrogen) atoms. The van der Waals surface area contributed by atoms with Crippen molar-refractivity contribution < 1.29 is 32.3 Å². The molecule has 1 aliphatic heterocycles. The van der Waals surface area contributed by atoms with Crippen LogP contribution in [-0.4, -0.2) is 75.0 Å². The Kier molecular flexibility index (Phi) is 6.49. The van der Waals surface area contributed by atoms with Crippen LogP contribution < -0.4 is 16.2 Å². The van der Waals surface area contributed by atoms with Crippen LogP contribution in [-0.2, 0) is 24.0 Å². The third kappa shape index (κ3) is 4.50. The summed E-state index contributed by atoms with van der Waals surface area (Å²) in [7, 11) is -4.49. The SMILES string of the molecule is CCC[C@H](N)C(=O)NS(=O)(=O)OC[C@H]1O[C@@H](n2cnc3c(N)ncnc32)[C@H](O)[C@@H]1O. The van der Waals surface area contributed by atoms with E-state index in [1.807, 2.05) is 0 Å². The van der Waals surface area contributed by atoms with Gasteiger partial charge in [-0.1, -0.05) is 13.3 Å². The highest BCUT2D eigenvalue weighted by atomic mass is 32.2. The molecule has 2 aromatic heterocycles. The van der Waals surface area contributed by atoms with Gasteiger partial charge in [-0.2, -0.15) is 8.42 Å². The average molecular weight is 445 g/mol. The number of nitrogens with two attached hydrogens (primary N) is 2. The fourth-order valence-corrected chi connectivity index (χ4v) is 3.75. The maximum absolute atomic E-state index is 12.0. The molecule has 0 radical (unpaired) electrons. The van der Waals surface area contributed by atoms with Crippen LogP contribution in [0.3, 0.4) is 0 Å². The van der Waals surface area contributed by atoms with E-state index in [2.05, 4.69) is 15.0 Å². The number of aliphatic hydroxyl groups excluding tert-OH is 2. The standard InChI is InChI=1S/C15H23N7O7S/c1-2-3-7(16)14(25)21-30(26,27)28-4-8-10(23)11(24)15(29-8)22-6-20-9-12(17)18-5-19-13(9)22/h5-8,10-11,15,23-24H,2-4,16H2,1H3,(H,21,25)(H2,17,18,19)/t7-,8+,10+,11+,15+/m0/s1. The van der Waals surface area contributed by atoms with Gasteiger partial charge in [-0.05, 0) is 6.42 Å². The van der Waals surface area contributed by atoms with E-state index in [-0.39, 0.29) is 17.0 Å². The summed E-state index contributed by atoms with van der Waals surface area (Å²) >= 11 is 0. The maximum Gasteiger partial charge on any atom is 0.362 e. The molecule has 3 rings (SSSR count). The summed E-state index contributed by atoms with van der Waals surface area (Å²) in [6, 6.07) is -1.00. The first-order chi connectivity index (χ1) is 14.1.